The zero-order valence-electron chi connectivity index (χ0n) is 14.2. The molecule has 1 aliphatic rings. The molecule has 0 fully saturated rings. The Kier molecular flexibility index (Phi) is 4.67. The van der Waals surface area contributed by atoms with Gasteiger partial charge < -0.3 is 15.2 Å². The molecule has 1 aromatic heterocycles. The SMILES string of the molecule is CCOc1ccc(Nc2nc(O)c(C3=c4cc(Br)ccc4=NC3=O)s2)cc1. The van der Waals surface area contributed by atoms with Crippen molar-refractivity contribution in [1.29, 1.82) is 0 Å². The number of thiazole rings is 1. The van der Waals surface area contributed by atoms with Crippen LogP contribution in [0.2, 0.25) is 0 Å². The number of fused-ring (bicyclic) bond motifs is 1. The number of carbonyl (C=O) groups is 1. The molecule has 0 aliphatic carbocycles. The van der Waals surface area contributed by atoms with E-state index in [-0.39, 0.29) is 11.8 Å². The summed E-state index contributed by atoms with van der Waals surface area (Å²) in [6.45, 7) is 2.53. The topological polar surface area (TPSA) is 83.8 Å². The second kappa shape index (κ2) is 7.13. The van der Waals surface area contributed by atoms with Crippen molar-refractivity contribution in [1.82, 2.24) is 4.98 Å². The van der Waals surface area contributed by atoms with Gasteiger partial charge in [-0.15, -0.1) is 0 Å². The summed E-state index contributed by atoms with van der Waals surface area (Å²) in [6, 6.07) is 12.8. The molecule has 0 atom stereocenters. The number of nitrogens with zero attached hydrogens (tertiary/aromatic N) is 2. The fourth-order valence-corrected chi connectivity index (χ4v) is 4.05. The first-order valence-corrected chi connectivity index (χ1v) is 9.79. The standard InChI is InChI=1S/C19H14BrN3O3S/c1-2-26-12-6-4-11(5-7-12)21-19-23-18(25)16(27-19)15-13-9-10(20)3-8-14(13)22-17(15)24/h3-9,25H,2H2,1H3,(H,21,23). The summed E-state index contributed by atoms with van der Waals surface area (Å²) in [5.74, 6) is 0.205. The Balaban J connectivity index is 1.69. The maximum atomic E-state index is 12.4. The smallest absolute Gasteiger partial charge is 0.279 e. The first-order chi connectivity index (χ1) is 13.0. The summed E-state index contributed by atoms with van der Waals surface area (Å²) in [5.41, 5.74) is 1.16. The number of halogens is 1. The molecule has 0 saturated heterocycles. The molecule has 4 rings (SSSR count). The van der Waals surface area contributed by atoms with Gasteiger partial charge in [0.15, 0.2) is 5.13 Å². The Morgan fingerprint density at radius 2 is 2.00 bits per heavy atom. The number of aromatic hydroxyl groups is 1. The van der Waals surface area contributed by atoms with Gasteiger partial charge in [0, 0.05) is 15.4 Å². The third-order valence-electron chi connectivity index (χ3n) is 3.92. The third kappa shape index (κ3) is 3.45. The fourth-order valence-electron chi connectivity index (χ4n) is 2.76. The zero-order valence-corrected chi connectivity index (χ0v) is 16.6. The number of ether oxygens (including phenoxy) is 1. The van der Waals surface area contributed by atoms with Crippen molar-refractivity contribution in [3.8, 4) is 11.6 Å². The number of carbonyl (C=O) groups excluding carboxylic acids is 1. The predicted molar refractivity (Wildman–Crippen MR) is 107 cm³/mol. The second-order valence-electron chi connectivity index (χ2n) is 5.71. The predicted octanol–water partition coefficient (Wildman–Crippen LogP) is 3.11. The van der Waals surface area contributed by atoms with E-state index in [9.17, 15) is 9.90 Å². The second-order valence-corrected chi connectivity index (χ2v) is 7.62. The molecule has 0 saturated carbocycles. The van der Waals surface area contributed by atoms with E-state index in [1.54, 1.807) is 6.07 Å². The van der Waals surface area contributed by atoms with Gasteiger partial charge in [-0.1, -0.05) is 27.3 Å². The lowest BCUT2D eigenvalue weighted by Gasteiger charge is -2.05. The largest absolute Gasteiger partial charge is 0.494 e. The zero-order chi connectivity index (χ0) is 19.0. The van der Waals surface area contributed by atoms with Crippen LogP contribution >= 0.6 is 27.3 Å². The van der Waals surface area contributed by atoms with Crippen LogP contribution in [-0.4, -0.2) is 22.6 Å². The number of benzene rings is 2. The Labute approximate surface area is 167 Å². The summed E-state index contributed by atoms with van der Waals surface area (Å²) in [7, 11) is 0. The van der Waals surface area contributed by atoms with Gasteiger partial charge >= 0.3 is 0 Å². The van der Waals surface area contributed by atoms with Crippen LogP contribution in [0.5, 0.6) is 11.6 Å². The molecular formula is C19H14BrN3O3S. The molecule has 0 unspecified atom stereocenters. The van der Waals surface area contributed by atoms with E-state index in [0.29, 0.717) is 32.8 Å². The number of rotatable bonds is 5. The van der Waals surface area contributed by atoms with Crippen LogP contribution in [0.1, 0.15) is 11.8 Å². The highest BCUT2D eigenvalue weighted by Crippen LogP contribution is 2.35. The monoisotopic (exact) mass is 443 g/mol. The molecule has 8 heteroatoms. The Morgan fingerprint density at radius 1 is 1.22 bits per heavy atom. The van der Waals surface area contributed by atoms with E-state index < -0.39 is 0 Å². The summed E-state index contributed by atoms with van der Waals surface area (Å²) in [5, 5.41) is 15.2. The number of aromatic nitrogens is 1. The minimum atomic E-state index is -0.380. The Hall–Kier alpha value is -2.71. The number of hydrogen-bond donors (Lipinski definition) is 2. The lowest BCUT2D eigenvalue weighted by atomic mass is 10.1. The first-order valence-electron chi connectivity index (χ1n) is 8.18. The minimum Gasteiger partial charge on any atom is -0.494 e. The van der Waals surface area contributed by atoms with Crippen molar-refractivity contribution < 1.29 is 14.6 Å². The number of hydrogen-bond acceptors (Lipinski definition) is 6. The van der Waals surface area contributed by atoms with Gasteiger partial charge in [0.25, 0.3) is 5.91 Å². The molecule has 2 aromatic carbocycles. The maximum absolute atomic E-state index is 12.4. The average molecular weight is 444 g/mol. The van der Waals surface area contributed by atoms with E-state index in [4.69, 9.17) is 4.74 Å². The number of anilines is 2. The van der Waals surface area contributed by atoms with Crippen LogP contribution in [-0.2, 0) is 4.79 Å². The first kappa shape index (κ1) is 17.7. The summed E-state index contributed by atoms with van der Waals surface area (Å²) in [6.07, 6.45) is 0. The molecule has 1 aliphatic heterocycles. The molecule has 0 radical (unpaired) electrons. The van der Waals surface area contributed by atoms with Gasteiger partial charge in [-0.3, -0.25) is 4.79 Å². The highest BCUT2D eigenvalue weighted by atomic mass is 79.9. The van der Waals surface area contributed by atoms with Gasteiger partial charge in [-0.05, 0) is 49.4 Å². The fraction of sp³-hybridized carbons (Fsp3) is 0.105. The molecule has 136 valence electrons. The molecule has 6 nitrogen and oxygen atoms in total. The van der Waals surface area contributed by atoms with Crippen LogP contribution in [0.4, 0.5) is 10.8 Å². The average Bonchev–Trinajstić information content (AvgIpc) is 3.15. The molecule has 27 heavy (non-hydrogen) atoms. The van der Waals surface area contributed by atoms with Crippen LogP contribution in [0.3, 0.4) is 0 Å². The van der Waals surface area contributed by atoms with E-state index >= 15 is 0 Å². The normalized spacial score (nSPS) is 12.7. The molecule has 2 heterocycles. The van der Waals surface area contributed by atoms with Crippen molar-refractivity contribution in [2.75, 3.05) is 11.9 Å². The van der Waals surface area contributed by atoms with Crippen LogP contribution in [0, 0.1) is 0 Å². The lowest BCUT2D eigenvalue weighted by molar-refractivity contribution is -0.112. The van der Waals surface area contributed by atoms with Crippen LogP contribution in [0.15, 0.2) is 51.9 Å². The molecule has 3 aromatic rings. The summed E-state index contributed by atoms with van der Waals surface area (Å²) >= 11 is 4.61. The summed E-state index contributed by atoms with van der Waals surface area (Å²) in [4.78, 5) is 21.0. The van der Waals surface area contributed by atoms with Gasteiger partial charge in [0.2, 0.25) is 5.88 Å². The van der Waals surface area contributed by atoms with Crippen LogP contribution in [0.25, 0.3) is 5.57 Å². The Morgan fingerprint density at radius 3 is 2.74 bits per heavy atom. The minimum absolute atomic E-state index is 0.195. The van der Waals surface area contributed by atoms with Gasteiger partial charge in [-0.25, -0.2) is 4.99 Å². The maximum Gasteiger partial charge on any atom is 0.279 e. The molecular weight excluding hydrogens is 430 g/mol. The van der Waals surface area contributed by atoms with Crippen molar-refractivity contribution in [2.24, 2.45) is 4.99 Å². The van der Waals surface area contributed by atoms with Crippen molar-refractivity contribution in [2.45, 2.75) is 6.92 Å². The lowest BCUT2D eigenvalue weighted by Crippen LogP contribution is -2.22. The highest BCUT2D eigenvalue weighted by molar-refractivity contribution is 9.10. The van der Waals surface area contributed by atoms with Gasteiger partial charge in [-0.2, -0.15) is 4.98 Å². The van der Waals surface area contributed by atoms with E-state index in [1.807, 2.05) is 43.3 Å². The van der Waals surface area contributed by atoms with E-state index in [0.717, 1.165) is 15.9 Å². The van der Waals surface area contributed by atoms with Gasteiger partial charge in [0.05, 0.1) is 17.5 Å². The quantitative estimate of drug-likeness (QED) is 0.632. The van der Waals surface area contributed by atoms with Crippen LogP contribution < -0.4 is 20.6 Å². The molecule has 1 amide bonds. The Bertz CT molecular complexity index is 1160. The summed E-state index contributed by atoms with van der Waals surface area (Å²) < 4.78 is 6.25. The molecule has 0 bridgehead atoms. The number of amides is 1. The highest BCUT2D eigenvalue weighted by Gasteiger charge is 2.25. The van der Waals surface area contributed by atoms with E-state index in [1.165, 1.54) is 11.3 Å². The van der Waals surface area contributed by atoms with Crippen molar-refractivity contribution in [3.63, 3.8) is 0 Å². The number of nitrogens with one attached hydrogen (secondary N) is 1. The third-order valence-corrected chi connectivity index (χ3v) is 5.39. The van der Waals surface area contributed by atoms with E-state index in [2.05, 4.69) is 31.2 Å². The van der Waals surface area contributed by atoms with Gasteiger partial charge in [0.1, 0.15) is 10.6 Å². The molecule has 2 N–H and O–H groups in total. The van der Waals surface area contributed by atoms with Crippen molar-refractivity contribution >= 4 is 49.6 Å². The molecule has 0 spiro atoms. The van der Waals surface area contributed by atoms with Crippen molar-refractivity contribution in [3.05, 3.63) is 62.4 Å².